The molecule has 0 unspecified atom stereocenters. The summed E-state index contributed by atoms with van der Waals surface area (Å²) in [5, 5.41) is 23.2. The van der Waals surface area contributed by atoms with Gasteiger partial charge < -0.3 is 79.6 Å². The van der Waals surface area contributed by atoms with E-state index in [1.807, 2.05) is 55.4 Å². The van der Waals surface area contributed by atoms with Crippen molar-refractivity contribution >= 4 is 70.9 Å². The number of aliphatic hydroxyl groups is 1. The third-order valence-electron chi connectivity index (χ3n) is 17.6. The van der Waals surface area contributed by atoms with Crippen LogP contribution in [0.25, 0.3) is 0 Å². The van der Waals surface area contributed by atoms with Crippen LogP contribution in [0.1, 0.15) is 170 Å². The monoisotopic (exact) mass is 1420 g/mol. The third kappa shape index (κ3) is 28.9. The molecule has 11 amide bonds. The van der Waals surface area contributed by atoms with Gasteiger partial charge in [-0.1, -0.05) is 109 Å². The fraction of sp³-hybridized carbons (Fsp3) is 0.806. The van der Waals surface area contributed by atoms with E-state index in [-0.39, 0.29) is 95.2 Å². The van der Waals surface area contributed by atoms with Crippen LogP contribution in [0.2, 0.25) is 0 Å². The average molecular weight is 1420 g/mol. The van der Waals surface area contributed by atoms with E-state index >= 15 is 19.2 Å². The molecule has 0 spiro atoms. The average Bonchev–Trinajstić information content (AvgIpc) is 0.801. The van der Waals surface area contributed by atoms with Gasteiger partial charge in [-0.2, -0.15) is 0 Å². The van der Waals surface area contributed by atoms with E-state index in [1.54, 1.807) is 81.4 Å². The number of allylic oxidation sites excluding steroid dienone is 2. The Balaban J connectivity index is 4.38. The molecule has 0 aliphatic carbocycles. The molecule has 0 bridgehead atoms. The molecule has 100 heavy (non-hydrogen) atoms. The van der Waals surface area contributed by atoms with Gasteiger partial charge in [0, 0.05) is 49.3 Å². The Bertz CT molecular complexity index is 2720. The molecule has 0 aromatic heterocycles. The summed E-state index contributed by atoms with van der Waals surface area (Å²) in [6.45, 7) is 32.0. The molecule has 1 rings (SSSR count). The molecule has 0 saturated carbocycles. The number of nitrogens with one attached hydrogen (secondary N) is 4. The minimum absolute atomic E-state index is 0.000377. The lowest BCUT2D eigenvalue weighted by Crippen LogP contribution is -2.63. The van der Waals surface area contributed by atoms with Crippen LogP contribution >= 0.6 is 0 Å². The van der Waals surface area contributed by atoms with Crippen molar-refractivity contribution in [2.45, 2.75) is 242 Å². The summed E-state index contributed by atoms with van der Waals surface area (Å²) in [6, 6.07) is -13.3. The molecule has 574 valence electrons. The Morgan fingerprint density at radius 1 is 0.510 bits per heavy atom. The quantitative estimate of drug-likeness (QED) is 0.0495. The molecule has 12 atom stereocenters. The number of carbonyl (C=O) groups excluding carboxylic acids is 12. The van der Waals surface area contributed by atoms with E-state index in [0.29, 0.717) is 0 Å². The van der Waals surface area contributed by atoms with Crippen molar-refractivity contribution < 1.29 is 81.6 Å². The lowest BCUT2D eigenvalue weighted by Gasteiger charge is -2.41. The lowest BCUT2D eigenvalue weighted by atomic mass is 9.91. The van der Waals surface area contributed by atoms with Gasteiger partial charge in [0.25, 0.3) is 0 Å². The van der Waals surface area contributed by atoms with Gasteiger partial charge in [-0.3, -0.25) is 52.7 Å². The first kappa shape index (κ1) is 91.2. The van der Waals surface area contributed by atoms with Gasteiger partial charge in [-0.05, 0) is 115 Å². The van der Waals surface area contributed by atoms with Crippen LogP contribution in [0.15, 0.2) is 12.2 Å². The Morgan fingerprint density at radius 3 is 1.43 bits per heavy atom. The van der Waals surface area contributed by atoms with Crippen LogP contribution in [0, 0.1) is 41.4 Å². The van der Waals surface area contributed by atoms with E-state index in [4.69, 9.17) is 18.9 Å². The molecule has 0 aromatic carbocycles. The van der Waals surface area contributed by atoms with Crippen LogP contribution in [0.5, 0.6) is 0 Å². The van der Waals surface area contributed by atoms with Crippen molar-refractivity contribution in [3.63, 3.8) is 0 Å². The Kier molecular flexibility index (Phi) is 39.4. The van der Waals surface area contributed by atoms with Gasteiger partial charge in [-0.25, -0.2) is 4.79 Å². The first-order chi connectivity index (χ1) is 46.3. The van der Waals surface area contributed by atoms with Crippen LogP contribution in [0.3, 0.4) is 0 Å². The summed E-state index contributed by atoms with van der Waals surface area (Å²) in [5.74, 6) is -11.2. The molecule has 5 N–H and O–H groups in total. The summed E-state index contributed by atoms with van der Waals surface area (Å²) < 4.78 is 22.3. The third-order valence-corrected chi connectivity index (χ3v) is 17.6. The van der Waals surface area contributed by atoms with Crippen molar-refractivity contribution in [3.8, 4) is 0 Å². The first-order valence-electron chi connectivity index (χ1n) is 35.6. The Labute approximate surface area is 597 Å². The fourth-order valence-electron chi connectivity index (χ4n) is 11.8. The van der Waals surface area contributed by atoms with Gasteiger partial charge in [0.05, 0.1) is 45.7 Å². The second kappa shape index (κ2) is 43.2. The van der Waals surface area contributed by atoms with Gasteiger partial charge >= 0.3 is 5.97 Å². The topological polar surface area (TPSA) is 333 Å². The zero-order chi connectivity index (χ0) is 77.1. The molecular formula is C72H129N11O17. The fourth-order valence-corrected chi connectivity index (χ4v) is 11.8. The van der Waals surface area contributed by atoms with Crippen LogP contribution < -0.4 is 21.3 Å². The maximum atomic E-state index is 15.4. The second-order valence-corrected chi connectivity index (χ2v) is 30.2. The van der Waals surface area contributed by atoms with E-state index < -0.39 is 174 Å². The van der Waals surface area contributed by atoms with Gasteiger partial charge in [0.1, 0.15) is 72.6 Å². The molecule has 1 aliphatic heterocycles. The highest BCUT2D eigenvalue weighted by atomic mass is 16.6. The number of carbonyl (C=O) groups is 12. The molecular weight excluding hydrogens is 1290 g/mol. The molecule has 1 saturated heterocycles. The summed E-state index contributed by atoms with van der Waals surface area (Å²) in [6.07, 6.45) is 2.70. The van der Waals surface area contributed by atoms with Crippen molar-refractivity contribution in [2.24, 2.45) is 41.4 Å². The smallest absolute Gasteiger partial charge is 0.332 e. The van der Waals surface area contributed by atoms with Gasteiger partial charge in [-0.15, -0.1) is 0 Å². The minimum Gasteiger partial charge on any atom is -0.458 e. The van der Waals surface area contributed by atoms with Crippen molar-refractivity contribution in [1.29, 1.82) is 0 Å². The molecule has 0 aromatic rings. The van der Waals surface area contributed by atoms with Gasteiger partial charge in [0.15, 0.2) is 0 Å². The van der Waals surface area contributed by atoms with E-state index in [1.165, 1.54) is 80.8 Å². The second-order valence-electron chi connectivity index (χ2n) is 30.2. The van der Waals surface area contributed by atoms with Crippen LogP contribution in [-0.4, -0.2) is 278 Å². The van der Waals surface area contributed by atoms with E-state index in [9.17, 15) is 43.5 Å². The summed E-state index contributed by atoms with van der Waals surface area (Å²) in [7, 11) is 9.77. The predicted molar refractivity (Wildman–Crippen MR) is 381 cm³/mol. The molecule has 28 heteroatoms. The van der Waals surface area contributed by atoms with Crippen LogP contribution in [-0.2, 0) is 76.5 Å². The number of likely N-dealkylation sites (N-methyl/N-ethyl adjacent to an activating group) is 7. The van der Waals surface area contributed by atoms with E-state index in [0.717, 1.165) is 9.80 Å². The number of hydrogen-bond acceptors (Lipinski definition) is 17. The summed E-state index contributed by atoms with van der Waals surface area (Å²) in [5.41, 5.74) is -0.695. The summed E-state index contributed by atoms with van der Waals surface area (Å²) in [4.78, 5) is 184. The zero-order valence-corrected chi connectivity index (χ0v) is 65.3. The van der Waals surface area contributed by atoms with Gasteiger partial charge in [0.2, 0.25) is 65.0 Å². The normalized spacial score (nSPS) is 24.8. The van der Waals surface area contributed by atoms with E-state index in [2.05, 4.69) is 21.3 Å². The SMILES string of the molecule is C/C=C/C[C@@H](C)[C@@H](O)[C@H]1C(=O)N[C@@H](CC)C(=O)N(C)CC(=O)N(C)[C@@H](CC(C)C)C(=O)N[C@@H](C(C)C)C(=O)N(C)[C@@H](CC(C)C)C(=O)N[C@@H](C)C(=O)N[C@H](COCCOCCOCC(=O)OC(C)(C)C)C(=O)N(C)[C@@H](CC(C)C)C(=O)N(C)[C@@H](CC(C)C)C(=O)N(C)[C@@H](C(C)C)C(=O)N1C. The zero-order valence-electron chi connectivity index (χ0n) is 65.3. The number of rotatable bonds is 25. The standard InChI is InChI=1S/C72H129N11O17/c1-27-29-30-48(15)61(86)60-65(90)74-50(28-2)66(91)77(20)39-56(84)78(21)52(35-42(3)4)64(89)76-58(46(11)12)70(95)79(22)53(36-43(5)6)63(88)73-49(16)62(87)75-51(40-98-33-31-97-32-34-99-41-57(85)100-72(17,18)19)67(92)80(23)54(37-44(7)8)68(93)81(24)55(38-45(9)10)69(94)82(25)59(47(13)14)71(96)83(60)26/h27,29,42-55,58-61,86H,28,30-41H2,1-26H3,(H,73,88)(H,74,90)(H,75,87)(H,76,89)/b29-27+/t48-,49+,50+,51-,52+,53+,54+,55+,58+,59+,60+,61-/m1/s1. The molecule has 28 nitrogen and oxygen atoms in total. The number of ether oxygens (including phenoxy) is 4. The molecule has 0 radical (unpaired) electrons. The molecule has 1 aliphatic rings. The minimum atomic E-state index is -1.65. The number of amides is 11. The highest BCUT2D eigenvalue weighted by Gasteiger charge is 2.46. The molecule has 1 heterocycles. The predicted octanol–water partition coefficient (Wildman–Crippen LogP) is 3.64. The van der Waals surface area contributed by atoms with Crippen molar-refractivity contribution in [1.82, 2.24) is 55.6 Å². The van der Waals surface area contributed by atoms with Crippen molar-refractivity contribution in [2.75, 3.05) is 95.5 Å². The first-order valence-corrected chi connectivity index (χ1v) is 35.6. The number of esters is 1. The highest BCUT2D eigenvalue weighted by molar-refractivity contribution is 5.99. The van der Waals surface area contributed by atoms with Crippen LogP contribution in [0.4, 0.5) is 0 Å². The largest absolute Gasteiger partial charge is 0.458 e. The maximum absolute atomic E-state index is 15.4. The number of nitrogens with zero attached hydrogens (tertiary/aromatic N) is 7. The Morgan fingerprint density at radius 2 is 0.950 bits per heavy atom. The highest BCUT2D eigenvalue weighted by Crippen LogP contribution is 2.26. The maximum Gasteiger partial charge on any atom is 0.332 e. The Hall–Kier alpha value is -6.78. The number of hydrogen-bond donors (Lipinski definition) is 5. The van der Waals surface area contributed by atoms with Crippen molar-refractivity contribution in [3.05, 3.63) is 12.2 Å². The number of aliphatic hydroxyl groups excluding tert-OH is 1. The summed E-state index contributed by atoms with van der Waals surface area (Å²) >= 11 is 0. The lowest BCUT2D eigenvalue weighted by molar-refractivity contribution is -0.160. The molecule has 1 fully saturated rings.